The van der Waals surface area contributed by atoms with Crippen molar-refractivity contribution in [2.24, 2.45) is 0 Å². The van der Waals surface area contributed by atoms with Crippen molar-refractivity contribution >= 4 is 11.8 Å². The van der Waals surface area contributed by atoms with Crippen molar-refractivity contribution in [1.82, 2.24) is 25.4 Å². The molecule has 2 aromatic carbocycles. The molecule has 2 atom stereocenters. The van der Waals surface area contributed by atoms with Crippen molar-refractivity contribution in [1.29, 1.82) is 0 Å². The van der Waals surface area contributed by atoms with Crippen LogP contribution in [0.25, 0.3) is 11.1 Å². The van der Waals surface area contributed by atoms with E-state index in [2.05, 4.69) is 15.6 Å². The number of carbonyl (C=O) groups is 2. The van der Waals surface area contributed by atoms with Gasteiger partial charge in [0.25, 0.3) is 11.8 Å². The number of rotatable bonds is 7. The van der Waals surface area contributed by atoms with Gasteiger partial charge in [0.1, 0.15) is 29.6 Å². The number of nitrogens with zero attached hydrogens (tertiary/aromatic N) is 3. The first kappa shape index (κ1) is 28.0. The highest BCUT2D eigenvalue weighted by atomic mass is 19.1. The lowest BCUT2D eigenvalue weighted by atomic mass is 10.0. The van der Waals surface area contributed by atoms with Crippen LogP contribution in [0.2, 0.25) is 0 Å². The second kappa shape index (κ2) is 12.4. The predicted octanol–water partition coefficient (Wildman–Crippen LogP) is 3.11. The Morgan fingerprint density at radius 1 is 0.762 bits per heavy atom. The minimum Gasteiger partial charge on any atom is -0.489 e. The van der Waals surface area contributed by atoms with Crippen molar-refractivity contribution in [2.45, 2.75) is 25.0 Å². The maximum absolute atomic E-state index is 14.3. The Labute approximate surface area is 242 Å². The average molecular weight is 578 g/mol. The molecule has 0 spiro atoms. The molecule has 3 aromatic rings. The number of piperazine rings is 1. The van der Waals surface area contributed by atoms with Crippen LogP contribution in [0.5, 0.6) is 11.6 Å². The SMILES string of the molecule is O=C(c1cc(F)cc(O[C@H]2CCNC2)c1)N1CCN(C(=O)c2cnc(O[C@H]3CCNC3)c(-c3ccc(F)cc3)c2)CC1. The normalized spacial score (nSPS) is 20.5. The summed E-state index contributed by atoms with van der Waals surface area (Å²) >= 11 is 0. The van der Waals surface area contributed by atoms with E-state index in [0.29, 0.717) is 67.6 Å². The van der Waals surface area contributed by atoms with E-state index in [9.17, 15) is 18.4 Å². The lowest BCUT2D eigenvalue weighted by Gasteiger charge is -2.35. The first-order valence-corrected chi connectivity index (χ1v) is 14.3. The van der Waals surface area contributed by atoms with Gasteiger partial charge in [-0.3, -0.25) is 9.59 Å². The minimum atomic E-state index is -0.531. The summed E-state index contributed by atoms with van der Waals surface area (Å²) in [7, 11) is 0. The molecule has 4 heterocycles. The van der Waals surface area contributed by atoms with E-state index < -0.39 is 5.82 Å². The minimum absolute atomic E-state index is 0.0377. The highest BCUT2D eigenvalue weighted by Crippen LogP contribution is 2.31. The molecule has 3 aliphatic heterocycles. The van der Waals surface area contributed by atoms with E-state index in [0.717, 1.165) is 25.9 Å². The van der Waals surface area contributed by atoms with Crippen LogP contribution in [0.15, 0.2) is 54.7 Å². The molecule has 2 N–H and O–H groups in total. The summed E-state index contributed by atoms with van der Waals surface area (Å²) < 4.78 is 40.0. The van der Waals surface area contributed by atoms with Crippen LogP contribution < -0.4 is 20.1 Å². The number of nitrogens with one attached hydrogen (secondary N) is 2. The Bertz CT molecular complexity index is 1430. The van der Waals surface area contributed by atoms with Gasteiger partial charge in [-0.1, -0.05) is 12.1 Å². The number of benzene rings is 2. The maximum Gasteiger partial charge on any atom is 0.255 e. The van der Waals surface area contributed by atoms with Gasteiger partial charge in [0, 0.05) is 62.7 Å². The molecule has 3 fully saturated rings. The number of ether oxygens (including phenoxy) is 2. The Hall–Kier alpha value is -4.09. The molecular weight excluding hydrogens is 544 g/mol. The largest absolute Gasteiger partial charge is 0.489 e. The smallest absolute Gasteiger partial charge is 0.255 e. The molecule has 0 aliphatic carbocycles. The Balaban J connectivity index is 1.13. The summed E-state index contributed by atoms with van der Waals surface area (Å²) in [5.41, 5.74) is 1.90. The highest BCUT2D eigenvalue weighted by molar-refractivity contribution is 5.97. The number of pyridine rings is 1. The quantitative estimate of drug-likeness (QED) is 0.446. The molecule has 0 radical (unpaired) electrons. The van der Waals surface area contributed by atoms with Crippen molar-refractivity contribution in [3.05, 3.63) is 77.5 Å². The molecule has 3 saturated heterocycles. The van der Waals surface area contributed by atoms with E-state index >= 15 is 0 Å². The standard InChI is InChI=1S/C31H33F2N5O4/c32-23-3-1-20(2-4-23)28-15-22(17-36-29(28)42-26-6-8-35-19-26)31(40)38-11-9-37(10-12-38)30(39)21-13-24(33)16-27(14-21)41-25-5-7-34-18-25/h1-4,13-17,25-26,34-35H,5-12,18-19H2/t25-,26-/m0/s1. The third-order valence-corrected chi connectivity index (χ3v) is 7.84. The number of hydrogen-bond acceptors (Lipinski definition) is 7. The third kappa shape index (κ3) is 6.37. The fraction of sp³-hybridized carbons (Fsp3) is 0.387. The summed E-state index contributed by atoms with van der Waals surface area (Å²) in [5, 5.41) is 6.45. The maximum atomic E-state index is 14.3. The van der Waals surface area contributed by atoms with Gasteiger partial charge >= 0.3 is 0 Å². The fourth-order valence-corrected chi connectivity index (χ4v) is 5.54. The Morgan fingerprint density at radius 2 is 1.38 bits per heavy atom. The fourth-order valence-electron chi connectivity index (χ4n) is 5.54. The monoisotopic (exact) mass is 577 g/mol. The van der Waals surface area contributed by atoms with Gasteiger partial charge in [-0.05, 0) is 61.8 Å². The summed E-state index contributed by atoms with van der Waals surface area (Å²) in [6.45, 7) is 4.32. The lowest BCUT2D eigenvalue weighted by Crippen LogP contribution is -2.50. The zero-order valence-electron chi connectivity index (χ0n) is 23.2. The van der Waals surface area contributed by atoms with E-state index in [4.69, 9.17) is 9.47 Å². The van der Waals surface area contributed by atoms with Crippen molar-refractivity contribution in [3.8, 4) is 22.8 Å². The van der Waals surface area contributed by atoms with Gasteiger partial charge in [-0.2, -0.15) is 0 Å². The first-order valence-electron chi connectivity index (χ1n) is 14.3. The van der Waals surface area contributed by atoms with Crippen molar-refractivity contribution < 1.29 is 27.8 Å². The van der Waals surface area contributed by atoms with Crippen molar-refractivity contribution in [3.63, 3.8) is 0 Å². The highest BCUT2D eigenvalue weighted by Gasteiger charge is 2.28. The number of aromatic nitrogens is 1. The van der Waals surface area contributed by atoms with Crippen molar-refractivity contribution in [2.75, 3.05) is 52.4 Å². The van der Waals surface area contributed by atoms with Gasteiger partial charge in [0.05, 0.1) is 5.56 Å². The molecule has 0 unspecified atom stereocenters. The topological polar surface area (TPSA) is 96.0 Å². The zero-order valence-corrected chi connectivity index (χ0v) is 23.2. The van der Waals surface area contributed by atoms with Gasteiger partial charge in [0.2, 0.25) is 5.88 Å². The third-order valence-electron chi connectivity index (χ3n) is 7.84. The summed E-state index contributed by atoms with van der Waals surface area (Å²) in [5.74, 6) is -0.691. The first-order chi connectivity index (χ1) is 20.4. The molecule has 3 aliphatic rings. The molecular formula is C31H33F2N5O4. The van der Waals surface area contributed by atoms with Crippen LogP contribution >= 0.6 is 0 Å². The van der Waals surface area contributed by atoms with E-state index in [1.165, 1.54) is 30.5 Å². The van der Waals surface area contributed by atoms with E-state index in [-0.39, 0.29) is 35.4 Å². The molecule has 11 heteroatoms. The number of carbonyl (C=O) groups excluding carboxylic acids is 2. The Kier molecular flexibility index (Phi) is 8.29. The molecule has 0 bridgehead atoms. The molecule has 0 saturated carbocycles. The number of hydrogen-bond donors (Lipinski definition) is 2. The second-order valence-corrected chi connectivity index (χ2v) is 10.8. The van der Waals surface area contributed by atoms with E-state index in [1.807, 2.05) is 0 Å². The summed E-state index contributed by atoms with van der Waals surface area (Å²) in [6, 6.07) is 11.8. The summed E-state index contributed by atoms with van der Waals surface area (Å²) in [4.78, 5) is 34.5. The number of amides is 2. The van der Waals surface area contributed by atoms with Gasteiger partial charge in [0.15, 0.2) is 0 Å². The molecule has 1 aromatic heterocycles. The zero-order chi connectivity index (χ0) is 29.1. The van der Waals surface area contributed by atoms with Gasteiger partial charge in [-0.15, -0.1) is 0 Å². The predicted molar refractivity (Wildman–Crippen MR) is 152 cm³/mol. The number of halogens is 2. The molecule has 2 amide bonds. The molecule has 220 valence electrons. The van der Waals surface area contributed by atoms with Gasteiger partial charge in [-0.25, -0.2) is 13.8 Å². The molecule has 42 heavy (non-hydrogen) atoms. The van der Waals surface area contributed by atoms with Crippen LogP contribution in [0.1, 0.15) is 33.6 Å². The van der Waals surface area contributed by atoms with Gasteiger partial charge < -0.3 is 29.9 Å². The summed E-state index contributed by atoms with van der Waals surface area (Å²) in [6.07, 6.45) is 3.08. The van der Waals surface area contributed by atoms with Crippen LogP contribution in [0.4, 0.5) is 8.78 Å². The van der Waals surface area contributed by atoms with Crippen LogP contribution in [0, 0.1) is 11.6 Å². The van der Waals surface area contributed by atoms with Crippen LogP contribution in [-0.4, -0.2) is 91.2 Å². The van der Waals surface area contributed by atoms with Crippen LogP contribution in [0.3, 0.4) is 0 Å². The Morgan fingerprint density at radius 3 is 2.00 bits per heavy atom. The van der Waals surface area contributed by atoms with E-state index in [1.54, 1.807) is 34.1 Å². The lowest BCUT2D eigenvalue weighted by molar-refractivity contribution is 0.0534. The van der Waals surface area contributed by atoms with Crippen LogP contribution in [-0.2, 0) is 0 Å². The molecule has 6 rings (SSSR count). The average Bonchev–Trinajstić information content (AvgIpc) is 3.72. The molecule has 9 nitrogen and oxygen atoms in total. The second-order valence-electron chi connectivity index (χ2n) is 10.8.